The van der Waals surface area contributed by atoms with Gasteiger partial charge in [-0.3, -0.25) is 10.2 Å². The first kappa shape index (κ1) is 27.9. The highest BCUT2D eigenvalue weighted by Crippen LogP contribution is 2.21. The SMILES string of the molecule is CCNCCNCc1cccc(N/N=C(\C=C(/C)C(=O)NCc2ccccc2OC)C(F)(F)F)c1. The Morgan fingerprint density at radius 2 is 1.80 bits per heavy atom. The van der Waals surface area contributed by atoms with Crippen molar-refractivity contribution >= 4 is 17.3 Å². The topological polar surface area (TPSA) is 86.8 Å². The van der Waals surface area contributed by atoms with E-state index in [1.165, 1.54) is 14.0 Å². The van der Waals surface area contributed by atoms with Gasteiger partial charge in [0.25, 0.3) is 0 Å². The molecule has 0 atom stereocenters. The standard InChI is InChI=1S/C25H32F3N5O2/c1-4-29-12-13-30-16-19-8-7-10-21(15-19)32-33-23(25(26,27)28)14-18(2)24(34)31-17-20-9-5-6-11-22(20)35-3/h5-11,14-15,29-30,32H,4,12-13,16-17H2,1-3H3,(H,31,34)/b18-14+,33-23+. The lowest BCUT2D eigenvalue weighted by molar-refractivity contribution is -0.117. The summed E-state index contributed by atoms with van der Waals surface area (Å²) in [6.07, 6.45) is -4.03. The van der Waals surface area contributed by atoms with E-state index in [-0.39, 0.29) is 12.1 Å². The zero-order chi connectivity index (χ0) is 25.7. The Hall–Kier alpha value is -3.37. The molecular formula is C25H32F3N5O2. The summed E-state index contributed by atoms with van der Waals surface area (Å²) in [5.41, 5.74) is 3.13. The second-order valence-electron chi connectivity index (χ2n) is 7.66. The molecule has 0 saturated heterocycles. The van der Waals surface area contributed by atoms with Crippen molar-refractivity contribution in [2.24, 2.45) is 5.10 Å². The molecular weight excluding hydrogens is 459 g/mol. The van der Waals surface area contributed by atoms with Crippen LogP contribution in [0.3, 0.4) is 0 Å². The van der Waals surface area contributed by atoms with Gasteiger partial charge >= 0.3 is 6.18 Å². The maximum Gasteiger partial charge on any atom is 0.435 e. The van der Waals surface area contributed by atoms with Crippen LogP contribution in [0.5, 0.6) is 5.75 Å². The van der Waals surface area contributed by atoms with Crippen LogP contribution >= 0.6 is 0 Å². The maximum absolute atomic E-state index is 13.6. The van der Waals surface area contributed by atoms with Crippen LogP contribution in [0.4, 0.5) is 18.9 Å². The fraction of sp³-hybridized carbons (Fsp3) is 0.360. The second-order valence-corrected chi connectivity index (χ2v) is 7.66. The minimum absolute atomic E-state index is 0.111. The van der Waals surface area contributed by atoms with Gasteiger partial charge in [-0.05, 0) is 43.3 Å². The molecule has 0 heterocycles. The number of hydrogen-bond donors (Lipinski definition) is 4. The average molecular weight is 492 g/mol. The number of anilines is 1. The smallest absolute Gasteiger partial charge is 0.435 e. The van der Waals surface area contributed by atoms with Crippen LogP contribution in [0, 0.1) is 0 Å². The highest BCUT2D eigenvalue weighted by atomic mass is 19.4. The van der Waals surface area contributed by atoms with Crippen molar-refractivity contribution in [3.8, 4) is 5.75 Å². The van der Waals surface area contributed by atoms with Crippen LogP contribution < -0.4 is 26.1 Å². The molecule has 0 fully saturated rings. The molecule has 7 nitrogen and oxygen atoms in total. The van der Waals surface area contributed by atoms with E-state index in [2.05, 4.69) is 26.5 Å². The normalized spacial score (nSPS) is 12.4. The lowest BCUT2D eigenvalue weighted by Gasteiger charge is -2.12. The van der Waals surface area contributed by atoms with E-state index in [1.807, 2.05) is 13.0 Å². The Bertz CT molecular complexity index is 1020. The molecule has 35 heavy (non-hydrogen) atoms. The number of para-hydroxylation sites is 1. The number of benzene rings is 2. The number of rotatable bonds is 13. The van der Waals surface area contributed by atoms with E-state index in [4.69, 9.17) is 4.74 Å². The van der Waals surface area contributed by atoms with E-state index in [0.717, 1.165) is 31.3 Å². The molecule has 0 bridgehead atoms. The van der Waals surface area contributed by atoms with Gasteiger partial charge in [0.15, 0.2) is 5.71 Å². The number of methoxy groups -OCH3 is 1. The van der Waals surface area contributed by atoms with Gasteiger partial charge in [0, 0.05) is 37.3 Å². The Kier molecular flexibility index (Phi) is 11.2. The third kappa shape index (κ3) is 9.79. The number of alkyl halides is 3. The molecule has 0 aliphatic rings. The van der Waals surface area contributed by atoms with Crippen LogP contribution in [0.2, 0.25) is 0 Å². The third-order valence-corrected chi connectivity index (χ3v) is 4.92. The van der Waals surface area contributed by atoms with Crippen molar-refractivity contribution < 1.29 is 22.7 Å². The van der Waals surface area contributed by atoms with E-state index < -0.39 is 17.8 Å². The van der Waals surface area contributed by atoms with E-state index in [0.29, 0.717) is 23.5 Å². The van der Waals surface area contributed by atoms with E-state index in [1.54, 1.807) is 42.5 Å². The summed E-state index contributed by atoms with van der Waals surface area (Å²) in [5.74, 6) is -0.0651. The molecule has 0 aliphatic carbocycles. The quantitative estimate of drug-likeness (QED) is 0.147. The summed E-state index contributed by atoms with van der Waals surface area (Å²) in [6.45, 7) is 6.49. The number of amides is 1. The minimum atomic E-state index is -4.75. The lowest BCUT2D eigenvalue weighted by atomic mass is 10.1. The van der Waals surface area contributed by atoms with E-state index in [9.17, 15) is 18.0 Å². The Balaban J connectivity index is 2.04. The number of carbonyl (C=O) groups excluding carboxylic acids is 1. The minimum Gasteiger partial charge on any atom is -0.496 e. The third-order valence-electron chi connectivity index (χ3n) is 4.92. The second kappa shape index (κ2) is 14.1. The molecule has 0 radical (unpaired) electrons. The van der Waals surface area contributed by atoms with Crippen molar-refractivity contribution in [3.63, 3.8) is 0 Å². The molecule has 2 rings (SSSR count). The largest absolute Gasteiger partial charge is 0.496 e. The molecule has 0 spiro atoms. The van der Waals surface area contributed by atoms with Gasteiger partial charge in [-0.1, -0.05) is 37.3 Å². The molecule has 2 aromatic carbocycles. The van der Waals surface area contributed by atoms with Crippen molar-refractivity contribution in [3.05, 3.63) is 71.3 Å². The van der Waals surface area contributed by atoms with Crippen molar-refractivity contribution in [2.75, 3.05) is 32.2 Å². The summed E-state index contributed by atoms with van der Waals surface area (Å²) in [6, 6.07) is 14.0. The fourth-order valence-electron chi connectivity index (χ4n) is 3.07. The monoisotopic (exact) mass is 491 g/mol. The summed E-state index contributed by atoms with van der Waals surface area (Å²) in [7, 11) is 1.50. The van der Waals surface area contributed by atoms with Crippen LogP contribution in [-0.2, 0) is 17.9 Å². The highest BCUT2D eigenvalue weighted by molar-refractivity contribution is 6.06. The number of hydrazone groups is 1. The molecule has 2 aromatic rings. The highest BCUT2D eigenvalue weighted by Gasteiger charge is 2.35. The van der Waals surface area contributed by atoms with Crippen molar-refractivity contribution in [1.82, 2.24) is 16.0 Å². The lowest BCUT2D eigenvalue weighted by Crippen LogP contribution is -2.27. The van der Waals surface area contributed by atoms with Gasteiger partial charge in [0.05, 0.1) is 12.8 Å². The summed E-state index contributed by atoms with van der Waals surface area (Å²) in [5, 5.41) is 12.6. The first-order valence-electron chi connectivity index (χ1n) is 11.2. The number of hydrogen-bond acceptors (Lipinski definition) is 6. The summed E-state index contributed by atoms with van der Waals surface area (Å²) in [4.78, 5) is 12.4. The van der Waals surface area contributed by atoms with Gasteiger partial charge in [0.2, 0.25) is 5.91 Å². The number of carbonyl (C=O) groups is 1. The van der Waals surface area contributed by atoms with E-state index >= 15 is 0 Å². The first-order chi connectivity index (χ1) is 16.7. The molecule has 0 aliphatic heterocycles. The Labute approximate surface area is 203 Å². The Morgan fingerprint density at radius 3 is 2.51 bits per heavy atom. The van der Waals surface area contributed by atoms with Crippen LogP contribution in [0.25, 0.3) is 0 Å². The van der Waals surface area contributed by atoms with Gasteiger partial charge < -0.3 is 20.7 Å². The zero-order valence-electron chi connectivity index (χ0n) is 20.1. The molecule has 190 valence electrons. The Morgan fingerprint density at radius 1 is 1.06 bits per heavy atom. The molecule has 10 heteroatoms. The molecule has 4 N–H and O–H groups in total. The fourth-order valence-corrected chi connectivity index (χ4v) is 3.07. The predicted octanol–water partition coefficient (Wildman–Crippen LogP) is 3.99. The number of nitrogens with one attached hydrogen (secondary N) is 4. The number of nitrogens with zero attached hydrogens (tertiary/aromatic N) is 1. The number of likely N-dealkylation sites (N-methyl/N-ethyl adjacent to an activating group) is 1. The van der Waals surface area contributed by atoms with Gasteiger partial charge in [-0.2, -0.15) is 18.3 Å². The van der Waals surface area contributed by atoms with Gasteiger partial charge in [0.1, 0.15) is 5.75 Å². The summed E-state index contributed by atoms with van der Waals surface area (Å²) < 4.78 is 45.9. The number of ether oxygens (including phenoxy) is 1. The van der Waals surface area contributed by atoms with Gasteiger partial charge in [-0.15, -0.1) is 0 Å². The number of halogens is 3. The maximum atomic E-state index is 13.6. The number of allylic oxidation sites excluding steroid dienone is 1. The van der Waals surface area contributed by atoms with Crippen LogP contribution in [0.15, 0.2) is 65.3 Å². The average Bonchev–Trinajstić information content (AvgIpc) is 2.84. The zero-order valence-corrected chi connectivity index (χ0v) is 20.1. The molecule has 0 saturated carbocycles. The van der Waals surface area contributed by atoms with Crippen LogP contribution in [-0.4, -0.2) is 44.5 Å². The molecule has 1 amide bonds. The van der Waals surface area contributed by atoms with Crippen molar-refractivity contribution in [1.29, 1.82) is 0 Å². The molecule has 0 unspecified atom stereocenters. The molecule has 0 aromatic heterocycles. The van der Waals surface area contributed by atoms with Crippen molar-refractivity contribution in [2.45, 2.75) is 33.1 Å². The predicted molar refractivity (Wildman–Crippen MR) is 132 cm³/mol. The van der Waals surface area contributed by atoms with Gasteiger partial charge in [-0.25, -0.2) is 0 Å². The summed E-state index contributed by atoms with van der Waals surface area (Å²) >= 11 is 0. The van der Waals surface area contributed by atoms with Crippen LogP contribution in [0.1, 0.15) is 25.0 Å². The first-order valence-corrected chi connectivity index (χ1v) is 11.2.